The third-order valence-electron chi connectivity index (χ3n) is 16.1. The zero-order valence-electron chi connectivity index (χ0n) is 48.0. The predicted molar refractivity (Wildman–Crippen MR) is 308 cm³/mol. The third kappa shape index (κ3) is 17.1. The van der Waals surface area contributed by atoms with E-state index in [-0.39, 0.29) is 78.9 Å². The Morgan fingerprint density at radius 1 is 0.988 bits per heavy atom. The van der Waals surface area contributed by atoms with Gasteiger partial charge >= 0.3 is 12.1 Å². The number of hydrogen-bond acceptors (Lipinski definition) is 16. The van der Waals surface area contributed by atoms with E-state index in [1.165, 1.54) is 49.8 Å². The van der Waals surface area contributed by atoms with Crippen molar-refractivity contribution in [3.63, 3.8) is 0 Å². The third-order valence-corrected chi connectivity index (χ3v) is 17.4. The zero-order valence-corrected chi connectivity index (χ0v) is 49.6. The highest BCUT2D eigenvalue weighted by molar-refractivity contribution is 7.99. The van der Waals surface area contributed by atoms with Crippen molar-refractivity contribution in [2.24, 2.45) is 17.8 Å². The first-order valence-electron chi connectivity index (χ1n) is 27.8. The van der Waals surface area contributed by atoms with Crippen molar-refractivity contribution in [1.29, 1.82) is 0 Å². The highest BCUT2D eigenvalue weighted by atomic mass is 35.5. The van der Waals surface area contributed by atoms with Crippen LogP contribution in [-0.2, 0) is 60.6 Å². The molecule has 0 spiro atoms. The van der Waals surface area contributed by atoms with Gasteiger partial charge in [-0.25, -0.2) is 9.59 Å². The fraction of sp³-hybridized carbons (Fsp3) is 0.576. The number of rotatable bonds is 22. The summed E-state index contributed by atoms with van der Waals surface area (Å²) in [6.07, 6.45) is 6.39. The Balaban J connectivity index is 0.945. The molecular weight excluding hydrogens is 1100 g/mol. The largest absolute Gasteiger partial charge is 0.495 e. The Morgan fingerprint density at radius 2 is 1.70 bits per heavy atom. The number of allylic oxidation sites excluding steroid dienone is 3. The van der Waals surface area contributed by atoms with Crippen molar-refractivity contribution < 1.29 is 71.9 Å². The van der Waals surface area contributed by atoms with Crippen molar-refractivity contribution in [1.82, 2.24) is 26.2 Å². The second-order valence-corrected chi connectivity index (χ2v) is 23.4. The predicted octanol–water partition coefficient (Wildman–Crippen LogP) is 5.44. The molecular formula is C59H79ClN6O15S. The summed E-state index contributed by atoms with van der Waals surface area (Å²) in [6, 6.07) is 7.37. The number of aliphatic hydroxyl groups is 1. The molecule has 448 valence electrons. The first-order valence-corrected chi connectivity index (χ1v) is 29.3. The van der Waals surface area contributed by atoms with Gasteiger partial charge in [-0.15, -0.1) is 0 Å². The Kier molecular flexibility index (Phi) is 23.5. The molecule has 82 heavy (non-hydrogen) atoms. The first kappa shape index (κ1) is 64.8. The molecule has 2 aromatic rings. The fourth-order valence-electron chi connectivity index (χ4n) is 10.8. The molecule has 4 bridgehead atoms. The number of ether oxygens (including phenoxy) is 5. The number of nitrogens with zero attached hydrogens (tertiary/aromatic N) is 2. The van der Waals surface area contributed by atoms with Crippen LogP contribution in [0.2, 0.25) is 5.02 Å². The smallest absolute Gasteiger partial charge is 0.409 e. The van der Waals surface area contributed by atoms with E-state index >= 15 is 0 Å². The van der Waals surface area contributed by atoms with E-state index in [1.54, 1.807) is 63.4 Å². The molecule has 1 saturated carbocycles. The molecule has 2 aromatic carbocycles. The number of hydrogen-bond donors (Lipinski definition) is 5. The number of aldehydes is 2. The molecule has 5 N–H and O–H groups in total. The summed E-state index contributed by atoms with van der Waals surface area (Å²) in [5, 5.41) is 23.2. The molecule has 0 aromatic heterocycles. The number of aryl methyl sites for hydroxylation is 1. The van der Waals surface area contributed by atoms with Gasteiger partial charge in [0.25, 0.3) is 0 Å². The van der Waals surface area contributed by atoms with E-state index < -0.39 is 71.6 Å². The van der Waals surface area contributed by atoms with Crippen molar-refractivity contribution in [3.05, 3.63) is 81.4 Å². The number of methoxy groups -OCH3 is 2. The van der Waals surface area contributed by atoms with Crippen LogP contribution in [0, 0.1) is 17.8 Å². The van der Waals surface area contributed by atoms with Gasteiger partial charge in [-0.05, 0) is 101 Å². The number of esters is 1. The highest BCUT2D eigenvalue weighted by Gasteiger charge is 2.64. The van der Waals surface area contributed by atoms with Gasteiger partial charge in [-0.3, -0.25) is 38.9 Å². The Hall–Kier alpha value is -6.33. The average Bonchev–Trinajstić information content (AvgIpc) is 4.19. The molecule has 3 fully saturated rings. The molecule has 3 aliphatic heterocycles. The van der Waals surface area contributed by atoms with Crippen LogP contribution in [0.5, 0.6) is 5.75 Å². The number of nitrogens with one attached hydrogen (secondary N) is 4. The summed E-state index contributed by atoms with van der Waals surface area (Å²) in [6.45, 7) is 7.88. The molecule has 6 rings (SSSR count). The molecule has 1 unspecified atom stereocenters. The van der Waals surface area contributed by atoms with E-state index in [0.29, 0.717) is 60.4 Å². The molecule has 23 heteroatoms. The summed E-state index contributed by atoms with van der Waals surface area (Å²) in [7, 11) is 5.90. The summed E-state index contributed by atoms with van der Waals surface area (Å²) in [5.74, 6) is -1.77. The first-order chi connectivity index (χ1) is 39.0. The number of thioether (sulfide) groups is 1. The van der Waals surface area contributed by atoms with Crippen molar-refractivity contribution in [2.45, 2.75) is 140 Å². The van der Waals surface area contributed by atoms with Crippen LogP contribution in [0.15, 0.2) is 54.1 Å². The van der Waals surface area contributed by atoms with Gasteiger partial charge in [0, 0.05) is 88.8 Å². The van der Waals surface area contributed by atoms with Gasteiger partial charge in [0.05, 0.1) is 31.1 Å². The van der Waals surface area contributed by atoms with Crippen LogP contribution >= 0.6 is 23.4 Å². The number of carbonyl (C=O) groups is 9. The number of likely N-dealkylation sites (N-methyl/N-ethyl adjacent to an activating group) is 1. The Bertz CT molecular complexity index is 2740. The number of halogens is 1. The van der Waals surface area contributed by atoms with Gasteiger partial charge in [0.15, 0.2) is 18.3 Å². The normalized spacial score (nSPS) is 26.9. The van der Waals surface area contributed by atoms with Gasteiger partial charge in [-0.1, -0.05) is 54.5 Å². The fourth-order valence-corrected chi connectivity index (χ4v) is 11.8. The number of anilines is 1. The molecule has 3 heterocycles. The lowest BCUT2D eigenvalue weighted by Crippen LogP contribution is -2.63. The maximum absolute atomic E-state index is 14.4. The lowest BCUT2D eigenvalue weighted by Gasteiger charge is -2.42. The molecule has 8 atom stereocenters. The minimum absolute atomic E-state index is 0.00299. The van der Waals surface area contributed by atoms with E-state index in [9.17, 15) is 48.3 Å². The van der Waals surface area contributed by atoms with Crippen LogP contribution in [0.25, 0.3) is 0 Å². The molecule has 2 saturated heterocycles. The Morgan fingerprint density at radius 3 is 2.39 bits per heavy atom. The van der Waals surface area contributed by atoms with E-state index in [1.807, 2.05) is 13.0 Å². The van der Waals surface area contributed by atoms with Crippen LogP contribution in [0.1, 0.15) is 117 Å². The van der Waals surface area contributed by atoms with Crippen LogP contribution in [0.3, 0.4) is 0 Å². The van der Waals surface area contributed by atoms with Crippen LogP contribution < -0.4 is 30.9 Å². The van der Waals surface area contributed by atoms with E-state index in [4.69, 9.17) is 35.3 Å². The molecule has 4 aliphatic rings. The second-order valence-electron chi connectivity index (χ2n) is 21.9. The number of amides is 6. The van der Waals surface area contributed by atoms with Crippen molar-refractivity contribution in [3.8, 4) is 5.75 Å². The lowest BCUT2D eigenvalue weighted by molar-refractivity contribution is -0.162. The molecule has 1 aliphatic carbocycles. The lowest BCUT2D eigenvalue weighted by atomic mass is 9.80. The van der Waals surface area contributed by atoms with Crippen LogP contribution in [-0.4, -0.2) is 165 Å². The summed E-state index contributed by atoms with van der Waals surface area (Å²) in [4.78, 5) is 118. The van der Waals surface area contributed by atoms with Crippen molar-refractivity contribution in [2.75, 3.05) is 64.4 Å². The second kappa shape index (κ2) is 29.8. The summed E-state index contributed by atoms with van der Waals surface area (Å²) < 4.78 is 29.4. The highest BCUT2D eigenvalue weighted by Crippen LogP contribution is 2.49. The average molecular weight is 1180 g/mol. The van der Waals surface area contributed by atoms with Gasteiger partial charge in [-0.2, -0.15) is 11.8 Å². The number of alkyl carbamates (subject to hydrolysis) is 1. The van der Waals surface area contributed by atoms with Gasteiger partial charge < -0.3 is 54.5 Å². The molecule has 21 nitrogen and oxygen atoms in total. The van der Waals surface area contributed by atoms with E-state index in [0.717, 1.165) is 48.8 Å². The molecule has 0 radical (unpaired) electrons. The van der Waals surface area contributed by atoms with Crippen LogP contribution in [0.4, 0.5) is 10.5 Å². The standard InChI is InChI=1S/C59H79ClN6O15S/c1-35-10-9-11-47(78-8)59(76)31-46(79-57(75)64-59)36(2)54-58(4,81-54)48(30-52(72)66(6)44-28-40(26-35)29-45(77-7)53(44)60)80-56(74)37(3)65(5)51(71)21-25-82-34-50(70)62-23-24-63-55(73)41-16-12-38(13-17-41)20-22-61-49(69)19-15-39-14-18-42(32-67)43(27-39)33-68/h9-11,14,18,27-29,32-33,36-38,41,46-48,54,76H,12-13,15-17,19-26,30-31,34H2,1-8H3,(H,61,69)(H,62,70)(H,63,73)(H,64,75)/b11-9-,35-10+/t36-,37+,38?,41?,46+,47-,48-,54?,58+,59+/m1/s1. The minimum atomic E-state index is -1.88. The number of carbonyl (C=O) groups excluding carboxylic acids is 9. The summed E-state index contributed by atoms with van der Waals surface area (Å²) in [5.41, 5.74) is 0.263. The quantitative estimate of drug-likeness (QED) is 0.0425. The maximum Gasteiger partial charge on any atom is 0.409 e. The topological polar surface area (TPSA) is 278 Å². The van der Waals surface area contributed by atoms with Crippen molar-refractivity contribution >= 4 is 83.2 Å². The molecule has 6 amide bonds. The summed E-state index contributed by atoms with van der Waals surface area (Å²) >= 11 is 8.06. The minimum Gasteiger partial charge on any atom is -0.495 e. The SMILES string of the molecule is COc1cc2cc(c1Cl)N(C)C(=O)C[C@@H](OC(=O)[C@H](C)N(C)C(=O)CCSCC(=O)NCCNC(=O)C1CCC(CCNC(=O)CCc3ccc(C=O)c(C=O)c3)CC1)[C@]1(C)OC1[C@H](C)[C@@H]1C[C@@](O)(NC(=O)O1)[C@H](OC)/C=C\C=C(/C)C2. The van der Waals surface area contributed by atoms with Gasteiger partial charge in [0.1, 0.15) is 40.7 Å². The van der Waals surface area contributed by atoms with Gasteiger partial charge in [0.2, 0.25) is 29.5 Å². The Labute approximate surface area is 488 Å². The zero-order chi connectivity index (χ0) is 59.9. The monoisotopic (exact) mass is 1180 g/mol. The number of benzene rings is 2. The number of epoxide rings is 1. The maximum atomic E-state index is 14.4. The number of fused-ring (bicyclic) bond motifs is 5. The van der Waals surface area contributed by atoms with E-state index in [2.05, 4.69) is 21.3 Å².